The van der Waals surface area contributed by atoms with Crippen LogP contribution in [0.1, 0.15) is 45.2 Å². The molecule has 2 unspecified atom stereocenters. The first-order valence-corrected chi connectivity index (χ1v) is 8.16. The van der Waals surface area contributed by atoms with Crippen LogP contribution in [0.25, 0.3) is 0 Å². The standard InChI is InChI=1S/C18H30N2O/c1-13(2)15-9-11-20(12-10-15)14(3)18(19)16-5-7-17(21-4)8-6-16/h5-8,13-15,18H,9-12,19H2,1-4H3. The van der Waals surface area contributed by atoms with E-state index >= 15 is 0 Å². The maximum absolute atomic E-state index is 6.47. The molecule has 21 heavy (non-hydrogen) atoms. The fourth-order valence-corrected chi connectivity index (χ4v) is 3.33. The predicted octanol–water partition coefficient (Wildman–Crippen LogP) is 3.45. The Morgan fingerprint density at radius 3 is 2.14 bits per heavy atom. The van der Waals surface area contributed by atoms with Gasteiger partial charge in [-0.3, -0.25) is 4.90 Å². The molecule has 0 radical (unpaired) electrons. The van der Waals surface area contributed by atoms with Crippen molar-refractivity contribution in [1.29, 1.82) is 0 Å². The molecule has 0 bridgehead atoms. The summed E-state index contributed by atoms with van der Waals surface area (Å²) < 4.78 is 5.21. The largest absolute Gasteiger partial charge is 0.497 e. The molecule has 1 fully saturated rings. The van der Waals surface area contributed by atoms with E-state index in [4.69, 9.17) is 10.5 Å². The molecule has 2 rings (SSSR count). The summed E-state index contributed by atoms with van der Waals surface area (Å²) in [6.07, 6.45) is 2.61. The highest BCUT2D eigenvalue weighted by Gasteiger charge is 2.27. The lowest BCUT2D eigenvalue weighted by Gasteiger charge is -2.39. The first kappa shape index (κ1) is 16.3. The summed E-state index contributed by atoms with van der Waals surface area (Å²) in [7, 11) is 1.69. The number of methoxy groups -OCH3 is 1. The Morgan fingerprint density at radius 1 is 1.10 bits per heavy atom. The van der Waals surface area contributed by atoms with Gasteiger partial charge < -0.3 is 10.5 Å². The molecule has 3 nitrogen and oxygen atoms in total. The Morgan fingerprint density at radius 2 is 1.67 bits per heavy atom. The summed E-state index contributed by atoms with van der Waals surface area (Å²) in [5, 5.41) is 0. The number of hydrogen-bond acceptors (Lipinski definition) is 3. The molecule has 0 spiro atoms. The number of hydrogen-bond donors (Lipinski definition) is 1. The molecule has 2 atom stereocenters. The Hall–Kier alpha value is -1.06. The number of nitrogens with zero attached hydrogens (tertiary/aromatic N) is 1. The average molecular weight is 290 g/mol. The van der Waals surface area contributed by atoms with Gasteiger partial charge >= 0.3 is 0 Å². The van der Waals surface area contributed by atoms with Crippen molar-refractivity contribution in [3.8, 4) is 5.75 Å². The molecule has 1 aromatic carbocycles. The molecule has 1 aliphatic rings. The molecule has 0 amide bonds. The molecule has 0 aromatic heterocycles. The van der Waals surface area contributed by atoms with Crippen LogP contribution in [0.15, 0.2) is 24.3 Å². The topological polar surface area (TPSA) is 38.5 Å². The normalized spacial score (nSPS) is 20.5. The average Bonchev–Trinajstić information content (AvgIpc) is 2.53. The van der Waals surface area contributed by atoms with Gasteiger partial charge in [-0.1, -0.05) is 26.0 Å². The lowest BCUT2D eigenvalue weighted by atomic mass is 9.85. The highest BCUT2D eigenvalue weighted by molar-refractivity contribution is 5.29. The number of ether oxygens (including phenoxy) is 1. The van der Waals surface area contributed by atoms with Crippen LogP contribution in [0.2, 0.25) is 0 Å². The highest BCUT2D eigenvalue weighted by Crippen LogP contribution is 2.28. The third kappa shape index (κ3) is 3.98. The smallest absolute Gasteiger partial charge is 0.118 e. The van der Waals surface area contributed by atoms with E-state index in [1.165, 1.54) is 31.5 Å². The van der Waals surface area contributed by atoms with Crippen molar-refractivity contribution in [3.05, 3.63) is 29.8 Å². The van der Waals surface area contributed by atoms with Crippen molar-refractivity contribution in [2.24, 2.45) is 17.6 Å². The Balaban J connectivity index is 1.94. The van der Waals surface area contributed by atoms with E-state index in [0.717, 1.165) is 17.6 Å². The summed E-state index contributed by atoms with van der Waals surface area (Å²) in [4.78, 5) is 2.55. The van der Waals surface area contributed by atoms with E-state index in [0.29, 0.717) is 6.04 Å². The zero-order valence-electron chi connectivity index (χ0n) is 13.9. The van der Waals surface area contributed by atoms with Crippen LogP contribution in [-0.4, -0.2) is 31.1 Å². The number of piperidine rings is 1. The van der Waals surface area contributed by atoms with Gasteiger partial charge in [0.05, 0.1) is 7.11 Å². The van der Waals surface area contributed by atoms with Crippen molar-refractivity contribution in [3.63, 3.8) is 0 Å². The minimum Gasteiger partial charge on any atom is -0.497 e. The van der Waals surface area contributed by atoms with E-state index < -0.39 is 0 Å². The third-order valence-corrected chi connectivity index (χ3v) is 5.11. The van der Waals surface area contributed by atoms with Crippen LogP contribution < -0.4 is 10.5 Å². The first-order chi connectivity index (χ1) is 10.0. The minimum atomic E-state index is 0.0616. The van der Waals surface area contributed by atoms with Crippen LogP contribution >= 0.6 is 0 Å². The molecule has 0 aliphatic carbocycles. The maximum Gasteiger partial charge on any atom is 0.118 e. The van der Waals surface area contributed by atoms with Crippen LogP contribution in [0, 0.1) is 11.8 Å². The molecule has 1 aliphatic heterocycles. The lowest BCUT2D eigenvalue weighted by Crippen LogP contribution is -2.45. The van der Waals surface area contributed by atoms with E-state index in [-0.39, 0.29) is 6.04 Å². The fraction of sp³-hybridized carbons (Fsp3) is 0.667. The van der Waals surface area contributed by atoms with Crippen molar-refractivity contribution >= 4 is 0 Å². The van der Waals surface area contributed by atoms with E-state index in [1.54, 1.807) is 7.11 Å². The van der Waals surface area contributed by atoms with Gasteiger partial charge in [-0.25, -0.2) is 0 Å². The van der Waals surface area contributed by atoms with Crippen molar-refractivity contribution in [1.82, 2.24) is 4.90 Å². The van der Waals surface area contributed by atoms with Gasteiger partial charge in [-0.15, -0.1) is 0 Å². The van der Waals surface area contributed by atoms with Gasteiger partial charge in [-0.2, -0.15) is 0 Å². The maximum atomic E-state index is 6.47. The molecular weight excluding hydrogens is 260 g/mol. The minimum absolute atomic E-state index is 0.0616. The number of benzene rings is 1. The Labute approximate surface area is 129 Å². The van der Waals surface area contributed by atoms with Crippen LogP contribution in [0.5, 0.6) is 5.75 Å². The Kier molecular flexibility index (Phi) is 5.65. The van der Waals surface area contributed by atoms with Crippen molar-refractivity contribution < 1.29 is 4.74 Å². The lowest BCUT2D eigenvalue weighted by molar-refractivity contribution is 0.109. The molecule has 1 aromatic rings. The van der Waals surface area contributed by atoms with Gasteiger partial charge in [0.2, 0.25) is 0 Å². The van der Waals surface area contributed by atoms with Gasteiger partial charge in [0.15, 0.2) is 0 Å². The van der Waals surface area contributed by atoms with Crippen LogP contribution in [0.3, 0.4) is 0 Å². The van der Waals surface area contributed by atoms with Crippen molar-refractivity contribution in [2.45, 2.75) is 45.7 Å². The zero-order valence-corrected chi connectivity index (χ0v) is 13.9. The molecule has 3 heteroatoms. The summed E-state index contributed by atoms with van der Waals surface area (Å²) in [6.45, 7) is 9.28. The third-order valence-electron chi connectivity index (χ3n) is 5.11. The molecule has 1 saturated heterocycles. The second kappa shape index (κ2) is 7.28. The second-order valence-corrected chi connectivity index (χ2v) is 6.66. The molecule has 2 N–H and O–H groups in total. The summed E-state index contributed by atoms with van der Waals surface area (Å²) in [5.41, 5.74) is 7.66. The molecule has 118 valence electrons. The van der Waals surface area contributed by atoms with Gasteiger partial charge in [-0.05, 0) is 62.4 Å². The summed E-state index contributed by atoms with van der Waals surface area (Å²) >= 11 is 0. The summed E-state index contributed by atoms with van der Waals surface area (Å²) in [5.74, 6) is 2.57. The van der Waals surface area contributed by atoms with E-state index in [9.17, 15) is 0 Å². The fourth-order valence-electron chi connectivity index (χ4n) is 3.33. The molecule has 0 saturated carbocycles. The monoisotopic (exact) mass is 290 g/mol. The number of rotatable bonds is 5. The zero-order chi connectivity index (χ0) is 15.4. The first-order valence-electron chi connectivity index (χ1n) is 8.16. The summed E-state index contributed by atoms with van der Waals surface area (Å²) in [6, 6.07) is 8.60. The van der Waals surface area contributed by atoms with E-state index in [2.05, 4.69) is 37.8 Å². The van der Waals surface area contributed by atoms with Crippen LogP contribution in [0.4, 0.5) is 0 Å². The number of likely N-dealkylation sites (tertiary alicyclic amines) is 1. The SMILES string of the molecule is COc1ccc(C(N)C(C)N2CCC(C(C)C)CC2)cc1. The van der Waals surface area contributed by atoms with Crippen LogP contribution in [-0.2, 0) is 0 Å². The van der Waals surface area contributed by atoms with Crippen molar-refractivity contribution in [2.75, 3.05) is 20.2 Å². The quantitative estimate of drug-likeness (QED) is 0.902. The molecule has 1 heterocycles. The van der Waals surface area contributed by atoms with Gasteiger partial charge in [0, 0.05) is 12.1 Å². The predicted molar refractivity (Wildman–Crippen MR) is 88.5 cm³/mol. The second-order valence-electron chi connectivity index (χ2n) is 6.66. The van der Waals surface area contributed by atoms with E-state index in [1.807, 2.05) is 12.1 Å². The van der Waals surface area contributed by atoms with Gasteiger partial charge in [0.25, 0.3) is 0 Å². The molecular formula is C18H30N2O. The number of nitrogens with two attached hydrogens (primary N) is 1. The van der Waals surface area contributed by atoms with Gasteiger partial charge in [0.1, 0.15) is 5.75 Å². The Bertz CT molecular complexity index is 421. The highest BCUT2D eigenvalue weighted by atomic mass is 16.5.